The fourth-order valence-corrected chi connectivity index (χ4v) is 0.248. The van der Waals surface area contributed by atoms with Crippen molar-refractivity contribution in [3.05, 3.63) is 0 Å². The third kappa shape index (κ3) is 4.16. The molecule has 0 atom stereocenters. The Morgan fingerprint density at radius 2 is 1.11 bits per heavy atom. The Morgan fingerprint density at radius 3 is 1.11 bits per heavy atom. The molecule has 0 amide bonds. The number of carbonyl (C=O) groups is 3. The van der Waals surface area contributed by atoms with Crippen LogP contribution in [0.2, 0.25) is 0 Å². The summed E-state index contributed by atoms with van der Waals surface area (Å²) in [6.07, 6.45) is 0. The Bertz CT molecular complexity index is 134. The van der Waals surface area contributed by atoms with Gasteiger partial charge >= 0.3 is 0 Å². The zero-order valence-corrected chi connectivity index (χ0v) is 8.40. The Balaban J connectivity index is 0. The first kappa shape index (κ1) is 11.4. The third-order valence-electron chi connectivity index (χ3n) is 0.640. The minimum absolute atomic E-state index is 0. The van der Waals surface area contributed by atoms with E-state index in [1.807, 2.05) is 0 Å². The second-order valence-corrected chi connectivity index (χ2v) is 1.44. The molecular weight excluding hydrogens is 173 g/mol. The number of hydrogen-bond donors (Lipinski definition) is 0. The summed E-state index contributed by atoms with van der Waals surface area (Å²) in [5.74, 6) is -2.32. The van der Waals surface area contributed by atoms with Crippen molar-refractivity contribution in [2.24, 2.45) is 0 Å². The monoisotopic (exact) mass is 178 g/mol. The van der Waals surface area contributed by atoms with E-state index < -0.39 is 17.3 Å². The molecule has 0 aromatic heterocycles. The molecule has 0 saturated heterocycles. The van der Waals surface area contributed by atoms with Crippen LogP contribution in [-0.4, -0.2) is 17.3 Å². The van der Waals surface area contributed by atoms with E-state index in [1.165, 1.54) is 0 Å². The van der Waals surface area contributed by atoms with Gasteiger partial charge in [0.2, 0.25) is 11.6 Å². The maximum atomic E-state index is 10.1. The van der Waals surface area contributed by atoms with E-state index in [1.54, 1.807) is 0 Å². The van der Waals surface area contributed by atoms with Crippen molar-refractivity contribution >= 4 is 17.3 Å². The number of ketones is 3. The minimum Gasteiger partial charge on any atom is -0.291 e. The van der Waals surface area contributed by atoms with Gasteiger partial charge in [0.25, 0.3) is 5.78 Å². The van der Waals surface area contributed by atoms with Crippen molar-refractivity contribution in [1.29, 1.82) is 0 Å². The summed E-state index contributed by atoms with van der Waals surface area (Å²) in [5, 5.41) is 0. The molecule has 4 heteroatoms. The van der Waals surface area contributed by atoms with E-state index in [4.69, 9.17) is 0 Å². The number of Topliss-reactive ketones (excluding diaryl/α,β-unsaturated/α-hetero) is 3. The quantitative estimate of drug-likeness (QED) is 0.333. The van der Waals surface area contributed by atoms with Gasteiger partial charge in [0, 0.05) is 33.3 Å². The summed E-state index contributed by atoms with van der Waals surface area (Å²) >= 11 is 0. The molecule has 0 bridgehead atoms. The van der Waals surface area contributed by atoms with Gasteiger partial charge in [0.05, 0.1) is 0 Å². The number of hydrogen-bond acceptors (Lipinski definition) is 3. The molecule has 0 unspecified atom stereocenters. The molecule has 0 heterocycles. The molecule has 0 spiro atoms. The van der Waals surface area contributed by atoms with Crippen LogP contribution < -0.4 is 0 Å². The first-order valence-corrected chi connectivity index (χ1v) is 2.11. The van der Waals surface area contributed by atoms with Crippen LogP contribution in [0.1, 0.15) is 13.8 Å². The van der Waals surface area contributed by atoms with E-state index in [0.29, 0.717) is 0 Å². The maximum Gasteiger partial charge on any atom is 0.263 e. The SMILES string of the molecule is CC(=O)C(=O)C(C)=O.[Zn]. The van der Waals surface area contributed by atoms with Crippen LogP contribution in [-0.2, 0) is 33.9 Å². The van der Waals surface area contributed by atoms with E-state index in [0.717, 1.165) is 13.8 Å². The second-order valence-electron chi connectivity index (χ2n) is 1.44. The van der Waals surface area contributed by atoms with E-state index in [9.17, 15) is 14.4 Å². The van der Waals surface area contributed by atoms with Crippen LogP contribution >= 0.6 is 0 Å². The summed E-state index contributed by atoms with van der Waals surface area (Å²) in [5.41, 5.74) is 0. The van der Waals surface area contributed by atoms with Crippen LogP contribution in [0.4, 0.5) is 0 Å². The van der Waals surface area contributed by atoms with Gasteiger partial charge < -0.3 is 0 Å². The summed E-state index contributed by atoms with van der Waals surface area (Å²) in [4.78, 5) is 30.2. The Morgan fingerprint density at radius 1 is 0.889 bits per heavy atom. The van der Waals surface area contributed by atoms with Crippen molar-refractivity contribution in [3.8, 4) is 0 Å². The van der Waals surface area contributed by atoms with Crippen LogP contribution in [0, 0.1) is 0 Å². The van der Waals surface area contributed by atoms with Gasteiger partial charge in [-0.15, -0.1) is 0 Å². The molecule has 0 saturated carbocycles. The van der Waals surface area contributed by atoms with Crippen LogP contribution in [0.5, 0.6) is 0 Å². The molecule has 0 aliphatic carbocycles. The molecule has 0 fully saturated rings. The van der Waals surface area contributed by atoms with E-state index in [2.05, 4.69) is 0 Å². The molecular formula is C5H6O3Zn. The largest absolute Gasteiger partial charge is 0.291 e. The van der Waals surface area contributed by atoms with Gasteiger partial charge in [-0.25, -0.2) is 0 Å². The standard InChI is InChI=1S/C5H6O3.Zn/c1-3(6)5(8)4(2)7;/h1-2H3;. The normalized spacial score (nSPS) is 7.33. The second kappa shape index (κ2) is 4.51. The van der Waals surface area contributed by atoms with Crippen molar-refractivity contribution in [1.82, 2.24) is 0 Å². The first-order chi connectivity index (χ1) is 3.55. The predicted molar refractivity (Wildman–Crippen MR) is 26.4 cm³/mol. The fourth-order valence-electron chi connectivity index (χ4n) is 0.248. The zero-order chi connectivity index (χ0) is 6.73. The molecule has 0 aliphatic heterocycles. The average Bonchev–Trinajstić information content (AvgIpc) is 1.64. The molecule has 0 N–H and O–H groups in total. The minimum atomic E-state index is -0.926. The summed E-state index contributed by atoms with van der Waals surface area (Å²) in [6.45, 7) is 2.15. The Kier molecular flexibility index (Phi) is 5.72. The Labute approximate surface area is 65.6 Å². The van der Waals surface area contributed by atoms with Gasteiger partial charge in [-0.3, -0.25) is 14.4 Å². The van der Waals surface area contributed by atoms with E-state index in [-0.39, 0.29) is 19.5 Å². The van der Waals surface area contributed by atoms with Gasteiger partial charge in [-0.05, 0) is 0 Å². The van der Waals surface area contributed by atoms with E-state index >= 15 is 0 Å². The van der Waals surface area contributed by atoms with Crippen LogP contribution in [0.3, 0.4) is 0 Å². The first-order valence-electron chi connectivity index (χ1n) is 2.11. The Hall–Kier alpha value is -0.367. The van der Waals surface area contributed by atoms with Gasteiger partial charge in [0.1, 0.15) is 0 Å². The smallest absolute Gasteiger partial charge is 0.263 e. The summed E-state index contributed by atoms with van der Waals surface area (Å²) in [7, 11) is 0. The van der Waals surface area contributed by atoms with Gasteiger partial charge in [-0.1, -0.05) is 0 Å². The molecule has 3 nitrogen and oxygen atoms in total. The van der Waals surface area contributed by atoms with Crippen molar-refractivity contribution in [2.75, 3.05) is 0 Å². The summed E-state index contributed by atoms with van der Waals surface area (Å²) in [6, 6.07) is 0. The molecule has 46 valence electrons. The van der Waals surface area contributed by atoms with Crippen LogP contribution in [0.15, 0.2) is 0 Å². The molecule has 0 aromatic carbocycles. The molecule has 0 aromatic rings. The topological polar surface area (TPSA) is 51.2 Å². The molecule has 0 rings (SSSR count). The van der Waals surface area contributed by atoms with Crippen LogP contribution in [0.25, 0.3) is 0 Å². The van der Waals surface area contributed by atoms with Gasteiger partial charge in [0.15, 0.2) is 0 Å². The predicted octanol–water partition coefficient (Wildman–Crippen LogP) is -0.269. The summed E-state index contributed by atoms with van der Waals surface area (Å²) < 4.78 is 0. The van der Waals surface area contributed by atoms with Crippen molar-refractivity contribution < 1.29 is 33.9 Å². The zero-order valence-electron chi connectivity index (χ0n) is 5.43. The molecule has 0 aliphatic rings. The van der Waals surface area contributed by atoms with Gasteiger partial charge in [-0.2, -0.15) is 0 Å². The fraction of sp³-hybridized carbons (Fsp3) is 0.400. The number of rotatable bonds is 2. The molecule has 9 heavy (non-hydrogen) atoms. The van der Waals surface area contributed by atoms with Crippen molar-refractivity contribution in [3.63, 3.8) is 0 Å². The number of carbonyl (C=O) groups excluding carboxylic acids is 3. The van der Waals surface area contributed by atoms with Crippen molar-refractivity contribution in [2.45, 2.75) is 13.8 Å². The third-order valence-corrected chi connectivity index (χ3v) is 0.640. The average molecular weight is 179 g/mol. The maximum absolute atomic E-state index is 10.1. The molecule has 0 radical (unpaired) electrons.